The van der Waals surface area contributed by atoms with Crippen LogP contribution in [-0.4, -0.2) is 56.8 Å². The van der Waals surface area contributed by atoms with Gasteiger partial charge in [-0.1, -0.05) is 24.3 Å². The molecular formula is C23H32FN4O8P. The number of aromatic nitrogens is 2. The summed E-state index contributed by atoms with van der Waals surface area (Å²) in [6.07, 6.45) is -4.75. The van der Waals surface area contributed by atoms with Gasteiger partial charge in [0.1, 0.15) is 17.6 Å². The van der Waals surface area contributed by atoms with Crippen LogP contribution >= 0.6 is 7.75 Å². The predicted octanol–water partition coefficient (Wildman–Crippen LogP) is 1.95. The number of nitrogens with one attached hydrogen (secondary N) is 1. The molecule has 0 fully saturated rings. The highest BCUT2D eigenvalue weighted by molar-refractivity contribution is 7.52. The van der Waals surface area contributed by atoms with Gasteiger partial charge in [0.05, 0.1) is 18.8 Å². The second-order valence-corrected chi connectivity index (χ2v) is 10.0. The van der Waals surface area contributed by atoms with Gasteiger partial charge in [0.25, 0.3) is 0 Å². The van der Waals surface area contributed by atoms with E-state index in [1.54, 1.807) is 32.0 Å². The van der Waals surface area contributed by atoms with Crippen molar-refractivity contribution in [1.29, 1.82) is 0 Å². The van der Waals surface area contributed by atoms with Crippen LogP contribution in [0.3, 0.4) is 0 Å². The Hall–Kier alpha value is -3.09. The molecule has 2 aromatic rings. The third kappa shape index (κ3) is 8.76. The summed E-state index contributed by atoms with van der Waals surface area (Å²) in [6, 6.07) is 8.00. The molecule has 0 aliphatic rings. The molecule has 1 aromatic heterocycles. The third-order valence-electron chi connectivity index (χ3n) is 4.95. The average molecular weight is 543 g/mol. The summed E-state index contributed by atoms with van der Waals surface area (Å²) in [7, 11) is -4.30. The summed E-state index contributed by atoms with van der Waals surface area (Å²) < 4.78 is 45.1. The number of ether oxygens (including phenoxy) is 1. The van der Waals surface area contributed by atoms with Crippen molar-refractivity contribution < 1.29 is 37.7 Å². The summed E-state index contributed by atoms with van der Waals surface area (Å²) in [6.45, 7) is 7.60. The van der Waals surface area contributed by atoms with Crippen molar-refractivity contribution in [2.24, 2.45) is 5.92 Å². The van der Waals surface area contributed by atoms with E-state index in [2.05, 4.69) is 16.7 Å². The number of nitrogen functional groups attached to an aromatic ring is 1. The van der Waals surface area contributed by atoms with Crippen LogP contribution in [0, 0.1) is 5.92 Å². The van der Waals surface area contributed by atoms with Crippen LogP contribution in [0.2, 0.25) is 0 Å². The molecule has 204 valence electrons. The molecule has 14 heteroatoms. The Morgan fingerprint density at radius 2 is 1.92 bits per heavy atom. The highest BCUT2D eigenvalue weighted by atomic mass is 31.2. The monoisotopic (exact) mass is 542 g/mol. The molecule has 6 unspecified atom stereocenters. The molecule has 0 saturated heterocycles. The summed E-state index contributed by atoms with van der Waals surface area (Å²) in [5, 5.41) is 23.3. The first-order valence-electron chi connectivity index (χ1n) is 11.3. The van der Waals surface area contributed by atoms with Crippen LogP contribution in [-0.2, 0) is 18.6 Å². The smallest absolute Gasteiger partial charge is 0.459 e. The number of benzene rings is 1. The fraction of sp³-hybridized carbons (Fsp3) is 0.435. The molecule has 0 aliphatic heterocycles. The van der Waals surface area contributed by atoms with Crippen molar-refractivity contribution in [3.8, 4) is 5.75 Å². The van der Waals surface area contributed by atoms with E-state index in [1.165, 1.54) is 25.1 Å². The van der Waals surface area contributed by atoms with E-state index in [0.717, 1.165) is 12.3 Å². The lowest BCUT2D eigenvalue weighted by Gasteiger charge is -2.28. The molecule has 0 bridgehead atoms. The number of hydrogen-bond acceptors (Lipinski definition) is 10. The Labute approximate surface area is 213 Å². The first-order valence-corrected chi connectivity index (χ1v) is 12.9. The standard InChI is InChI=1S/C23H32FN4O8P/c1-5-16(20(29)19(24)21(30)28-12-11-18(25)26-23(28)32)13-34-37(33,36-17-9-7-6-8-10-17)27-15(4)22(31)35-14(2)3/h5-12,14-16,19-21,29-30H,1,13H2,2-4H3,(H,27,33)(H2,25,26,32). The zero-order chi connectivity index (χ0) is 27.8. The van der Waals surface area contributed by atoms with Crippen molar-refractivity contribution in [2.75, 3.05) is 12.3 Å². The molecule has 12 nitrogen and oxygen atoms in total. The fourth-order valence-corrected chi connectivity index (χ4v) is 4.55. The molecule has 37 heavy (non-hydrogen) atoms. The number of alkyl halides is 1. The van der Waals surface area contributed by atoms with Crippen LogP contribution in [0.5, 0.6) is 5.75 Å². The van der Waals surface area contributed by atoms with Crippen molar-refractivity contribution in [1.82, 2.24) is 14.6 Å². The molecule has 1 aromatic carbocycles. The summed E-state index contributed by atoms with van der Waals surface area (Å²) in [5.41, 5.74) is 4.37. The molecule has 0 saturated carbocycles. The molecule has 0 aliphatic carbocycles. The van der Waals surface area contributed by atoms with E-state index in [4.69, 9.17) is 19.5 Å². The lowest BCUT2D eigenvalue weighted by atomic mass is 9.98. The van der Waals surface area contributed by atoms with Crippen molar-refractivity contribution in [3.05, 3.63) is 65.7 Å². The Morgan fingerprint density at radius 3 is 2.49 bits per heavy atom. The number of nitrogens with zero attached hydrogens (tertiary/aromatic N) is 2. The Kier molecular flexibility index (Phi) is 11.0. The number of halogens is 1. The SMILES string of the molecule is C=CC(COP(=O)(NC(C)C(=O)OC(C)C)Oc1ccccc1)C(O)C(F)C(O)n1ccc(N)nc1=O. The first-order chi connectivity index (χ1) is 17.4. The van der Waals surface area contributed by atoms with Gasteiger partial charge in [0, 0.05) is 12.1 Å². The lowest BCUT2D eigenvalue weighted by Crippen LogP contribution is -2.42. The second kappa shape index (κ2) is 13.5. The minimum Gasteiger partial charge on any atom is -0.462 e. The molecule has 5 N–H and O–H groups in total. The molecule has 1 heterocycles. The minimum absolute atomic E-state index is 0.130. The third-order valence-corrected chi connectivity index (χ3v) is 6.60. The van der Waals surface area contributed by atoms with Crippen LogP contribution < -0.4 is 21.0 Å². The van der Waals surface area contributed by atoms with E-state index < -0.39 is 62.6 Å². The van der Waals surface area contributed by atoms with E-state index in [9.17, 15) is 28.8 Å². The fourth-order valence-electron chi connectivity index (χ4n) is 3.02. The van der Waals surface area contributed by atoms with Crippen LogP contribution in [0.4, 0.5) is 10.2 Å². The van der Waals surface area contributed by atoms with E-state index in [1.807, 2.05) is 0 Å². The second-order valence-electron chi connectivity index (χ2n) is 8.32. The Bertz CT molecular complexity index is 1150. The number of carbonyl (C=O) groups excluding carboxylic acids is 1. The van der Waals surface area contributed by atoms with E-state index in [0.29, 0.717) is 4.57 Å². The molecule has 0 spiro atoms. The van der Waals surface area contributed by atoms with Crippen LogP contribution in [0.15, 0.2) is 60.0 Å². The Morgan fingerprint density at radius 1 is 1.27 bits per heavy atom. The topological polar surface area (TPSA) is 175 Å². The average Bonchev–Trinajstić information content (AvgIpc) is 2.83. The molecule has 6 atom stereocenters. The van der Waals surface area contributed by atoms with Gasteiger partial charge >= 0.3 is 19.4 Å². The number of carbonyl (C=O) groups is 1. The van der Waals surface area contributed by atoms with Gasteiger partial charge in [-0.15, -0.1) is 6.58 Å². The van der Waals surface area contributed by atoms with Crippen LogP contribution in [0.25, 0.3) is 0 Å². The van der Waals surface area contributed by atoms with Gasteiger partial charge in [0.15, 0.2) is 12.4 Å². The van der Waals surface area contributed by atoms with Gasteiger partial charge in [0.2, 0.25) is 0 Å². The normalized spacial score (nSPS) is 17.2. The van der Waals surface area contributed by atoms with Gasteiger partial charge in [-0.3, -0.25) is 13.9 Å². The van der Waals surface area contributed by atoms with Crippen molar-refractivity contribution >= 4 is 19.5 Å². The van der Waals surface area contributed by atoms with E-state index >= 15 is 0 Å². The van der Waals surface area contributed by atoms with Crippen LogP contribution in [0.1, 0.15) is 27.0 Å². The molecule has 2 rings (SSSR count). The van der Waals surface area contributed by atoms with Gasteiger partial charge in [-0.05, 0) is 39.0 Å². The first kappa shape index (κ1) is 30.1. The van der Waals surface area contributed by atoms with E-state index in [-0.39, 0.29) is 11.6 Å². The van der Waals surface area contributed by atoms with Gasteiger partial charge < -0.3 is 25.2 Å². The number of rotatable bonds is 14. The molecule has 0 amide bonds. The molecular weight excluding hydrogens is 510 g/mol. The maximum atomic E-state index is 15.0. The van der Waals surface area contributed by atoms with Crippen molar-refractivity contribution in [2.45, 2.75) is 51.4 Å². The van der Waals surface area contributed by atoms with Gasteiger partial charge in [-0.2, -0.15) is 10.1 Å². The number of hydrogen-bond donors (Lipinski definition) is 4. The number of esters is 1. The highest BCUT2D eigenvalue weighted by Crippen LogP contribution is 2.45. The van der Waals surface area contributed by atoms with Crippen molar-refractivity contribution in [3.63, 3.8) is 0 Å². The summed E-state index contributed by atoms with van der Waals surface area (Å²) in [4.78, 5) is 27.6. The number of para-hydroxylation sites is 1. The summed E-state index contributed by atoms with van der Waals surface area (Å²) in [5.74, 6) is -1.93. The maximum Gasteiger partial charge on any atom is 0.459 e. The highest BCUT2D eigenvalue weighted by Gasteiger charge is 2.37. The zero-order valence-corrected chi connectivity index (χ0v) is 21.5. The predicted molar refractivity (Wildman–Crippen MR) is 133 cm³/mol. The number of nitrogens with two attached hydrogens (primary N) is 1. The maximum absolute atomic E-state index is 15.0. The number of aliphatic hydroxyl groups excluding tert-OH is 2. The number of anilines is 1. The largest absolute Gasteiger partial charge is 0.462 e. The number of aliphatic hydroxyl groups is 2. The quantitative estimate of drug-likeness (QED) is 0.156. The zero-order valence-electron chi connectivity index (χ0n) is 20.6. The Balaban J connectivity index is 2.19. The lowest BCUT2D eigenvalue weighted by molar-refractivity contribution is -0.149. The minimum atomic E-state index is -4.30. The molecule has 0 radical (unpaired) electrons. The summed E-state index contributed by atoms with van der Waals surface area (Å²) >= 11 is 0. The van der Waals surface area contributed by atoms with Gasteiger partial charge in [-0.25, -0.2) is 13.8 Å².